The first kappa shape index (κ1) is 21.4. The number of benzene rings is 1. The summed E-state index contributed by atoms with van der Waals surface area (Å²) < 4.78 is 7.15. The van der Waals surface area contributed by atoms with Crippen LogP contribution in [0.4, 0.5) is 0 Å². The predicted molar refractivity (Wildman–Crippen MR) is 114 cm³/mol. The summed E-state index contributed by atoms with van der Waals surface area (Å²) in [4.78, 5) is 40.4. The fraction of sp³-hybridized carbons (Fsp3) is 0.273. The number of amides is 1. The quantitative estimate of drug-likeness (QED) is 0.462. The van der Waals surface area contributed by atoms with Gasteiger partial charge in [0, 0.05) is 35.8 Å². The zero-order valence-electron chi connectivity index (χ0n) is 17.3. The van der Waals surface area contributed by atoms with Gasteiger partial charge in [-0.3, -0.25) is 14.2 Å². The van der Waals surface area contributed by atoms with Gasteiger partial charge in [-0.2, -0.15) is 0 Å². The summed E-state index contributed by atoms with van der Waals surface area (Å²) in [5.74, 6) is -0.960. The van der Waals surface area contributed by atoms with Crippen molar-refractivity contribution in [1.29, 1.82) is 0 Å². The van der Waals surface area contributed by atoms with Crippen LogP contribution < -0.4 is 5.32 Å². The molecule has 7 nitrogen and oxygen atoms in total. The zero-order chi connectivity index (χ0) is 21.8. The maximum Gasteiger partial charge on any atom is 0.338 e. The molecule has 2 aromatic heterocycles. The molecule has 0 radical (unpaired) electrons. The molecule has 0 bridgehead atoms. The summed E-state index contributed by atoms with van der Waals surface area (Å²) in [7, 11) is 0. The average molecular weight is 426 g/mol. The Morgan fingerprint density at radius 2 is 1.83 bits per heavy atom. The van der Waals surface area contributed by atoms with Crippen LogP contribution in [-0.2, 0) is 16.1 Å². The molecule has 1 N–H and O–H groups in total. The van der Waals surface area contributed by atoms with Crippen molar-refractivity contribution < 1.29 is 19.1 Å². The maximum atomic E-state index is 12.7. The lowest BCUT2D eigenvalue weighted by molar-refractivity contribution is -0.119. The molecule has 156 valence electrons. The highest BCUT2D eigenvalue weighted by Gasteiger charge is 2.19. The molecular weight excluding hydrogens is 402 g/mol. The summed E-state index contributed by atoms with van der Waals surface area (Å²) in [6.45, 7) is 7.18. The minimum absolute atomic E-state index is 0.124. The standard InChI is InChI=1S/C22H23N3O4S/c1-13-12-30-22(24-13)25-14(2)9-19(15(25)3)20(27)11-29-21(28)18-7-5-17(6-8-18)10-23-16(4)26/h5-9,12H,10-11H2,1-4H3,(H,23,26). The Labute approximate surface area is 178 Å². The lowest BCUT2D eigenvalue weighted by atomic mass is 10.1. The van der Waals surface area contributed by atoms with Gasteiger partial charge in [0.15, 0.2) is 11.7 Å². The van der Waals surface area contributed by atoms with Crippen molar-refractivity contribution >= 4 is 29.0 Å². The van der Waals surface area contributed by atoms with Crippen LogP contribution in [-0.4, -0.2) is 33.8 Å². The van der Waals surface area contributed by atoms with E-state index in [1.165, 1.54) is 18.3 Å². The first-order valence-electron chi connectivity index (χ1n) is 9.41. The minimum Gasteiger partial charge on any atom is -0.454 e. The summed E-state index contributed by atoms with van der Waals surface area (Å²) in [5, 5.41) is 5.45. The van der Waals surface area contributed by atoms with Gasteiger partial charge in [0.2, 0.25) is 11.7 Å². The van der Waals surface area contributed by atoms with Gasteiger partial charge in [-0.05, 0) is 44.5 Å². The number of nitrogens with zero attached hydrogens (tertiary/aromatic N) is 2. The molecule has 3 rings (SSSR count). The largest absolute Gasteiger partial charge is 0.454 e. The van der Waals surface area contributed by atoms with Gasteiger partial charge in [0.05, 0.1) is 11.3 Å². The number of carbonyl (C=O) groups excluding carboxylic acids is 3. The number of carbonyl (C=O) groups is 3. The van der Waals surface area contributed by atoms with Gasteiger partial charge in [-0.15, -0.1) is 11.3 Å². The molecule has 0 saturated carbocycles. The molecule has 0 fully saturated rings. The minimum atomic E-state index is -0.571. The van der Waals surface area contributed by atoms with Crippen molar-refractivity contribution in [3.63, 3.8) is 0 Å². The van der Waals surface area contributed by atoms with Crippen molar-refractivity contribution in [3.05, 3.63) is 69.5 Å². The monoisotopic (exact) mass is 425 g/mol. The molecule has 0 unspecified atom stereocenters. The van der Waals surface area contributed by atoms with Gasteiger partial charge in [-0.1, -0.05) is 12.1 Å². The van der Waals surface area contributed by atoms with E-state index in [0.717, 1.165) is 27.8 Å². The maximum absolute atomic E-state index is 12.7. The Bertz CT molecular complexity index is 1100. The highest BCUT2D eigenvalue weighted by molar-refractivity contribution is 7.12. The molecule has 8 heteroatoms. The van der Waals surface area contributed by atoms with Crippen molar-refractivity contribution in [2.45, 2.75) is 34.2 Å². The number of hydrogen-bond acceptors (Lipinski definition) is 6. The summed E-state index contributed by atoms with van der Waals surface area (Å²) in [6, 6.07) is 8.48. The van der Waals surface area contributed by atoms with Crippen molar-refractivity contribution in [2.24, 2.45) is 0 Å². The van der Waals surface area contributed by atoms with Crippen molar-refractivity contribution in [2.75, 3.05) is 6.61 Å². The zero-order valence-corrected chi connectivity index (χ0v) is 18.1. The van der Waals surface area contributed by atoms with E-state index < -0.39 is 5.97 Å². The number of hydrogen-bond donors (Lipinski definition) is 1. The lowest BCUT2D eigenvalue weighted by Crippen LogP contribution is -2.19. The van der Waals surface area contributed by atoms with E-state index in [2.05, 4.69) is 10.3 Å². The number of aryl methyl sites for hydroxylation is 2. The van der Waals surface area contributed by atoms with Crippen LogP contribution in [0.1, 0.15) is 50.3 Å². The number of rotatable bonds is 7. The average Bonchev–Trinajstić information content (AvgIpc) is 3.26. The van der Waals surface area contributed by atoms with Crippen LogP contribution in [0.2, 0.25) is 0 Å². The lowest BCUT2D eigenvalue weighted by Gasteiger charge is -2.07. The van der Waals surface area contributed by atoms with E-state index in [4.69, 9.17) is 4.74 Å². The van der Waals surface area contributed by atoms with Gasteiger partial charge in [-0.25, -0.2) is 9.78 Å². The van der Waals surface area contributed by atoms with Crippen LogP contribution in [0.5, 0.6) is 0 Å². The van der Waals surface area contributed by atoms with Gasteiger partial charge in [0.1, 0.15) is 0 Å². The Hall–Kier alpha value is -3.26. The number of aromatic nitrogens is 2. The van der Waals surface area contributed by atoms with E-state index in [0.29, 0.717) is 17.7 Å². The molecule has 0 spiro atoms. The van der Waals surface area contributed by atoms with Crippen molar-refractivity contribution in [3.8, 4) is 5.13 Å². The third kappa shape index (κ3) is 4.83. The number of ketones is 1. The van der Waals surface area contributed by atoms with Crippen LogP contribution >= 0.6 is 11.3 Å². The van der Waals surface area contributed by atoms with E-state index in [1.54, 1.807) is 30.3 Å². The second-order valence-electron chi connectivity index (χ2n) is 7.00. The van der Waals surface area contributed by atoms with Crippen molar-refractivity contribution in [1.82, 2.24) is 14.9 Å². The molecule has 0 aliphatic heterocycles. The Morgan fingerprint density at radius 3 is 2.43 bits per heavy atom. The fourth-order valence-electron chi connectivity index (χ4n) is 3.06. The second kappa shape index (κ2) is 9.04. The normalized spacial score (nSPS) is 10.7. The molecule has 0 aliphatic rings. The van der Waals surface area contributed by atoms with Gasteiger partial charge < -0.3 is 10.1 Å². The first-order valence-corrected chi connectivity index (χ1v) is 10.3. The molecular formula is C22H23N3O4S. The number of ether oxygens (including phenoxy) is 1. The van der Waals surface area contributed by atoms with Gasteiger partial charge in [0.25, 0.3) is 0 Å². The summed E-state index contributed by atoms with van der Waals surface area (Å²) in [6.07, 6.45) is 0. The molecule has 0 aliphatic carbocycles. The molecule has 3 aromatic rings. The summed E-state index contributed by atoms with van der Waals surface area (Å²) >= 11 is 1.51. The predicted octanol–water partition coefficient (Wildman–Crippen LogP) is 3.53. The van der Waals surface area contributed by atoms with Crippen LogP contribution in [0, 0.1) is 20.8 Å². The second-order valence-corrected chi connectivity index (χ2v) is 7.83. The highest BCUT2D eigenvalue weighted by Crippen LogP contribution is 2.24. The molecule has 30 heavy (non-hydrogen) atoms. The third-order valence-electron chi connectivity index (χ3n) is 4.60. The van der Waals surface area contributed by atoms with E-state index >= 15 is 0 Å². The van der Waals surface area contributed by atoms with Gasteiger partial charge >= 0.3 is 5.97 Å². The smallest absolute Gasteiger partial charge is 0.338 e. The van der Waals surface area contributed by atoms with Crippen LogP contribution in [0.3, 0.4) is 0 Å². The van der Waals surface area contributed by atoms with Crippen LogP contribution in [0.25, 0.3) is 5.13 Å². The van der Waals surface area contributed by atoms with E-state index in [9.17, 15) is 14.4 Å². The Kier molecular flexibility index (Phi) is 6.47. The topological polar surface area (TPSA) is 90.3 Å². The Balaban J connectivity index is 1.64. The molecule has 1 amide bonds. The number of Topliss-reactive ketones (excluding diaryl/α,β-unsaturated/α-hetero) is 1. The number of nitrogens with one attached hydrogen (secondary N) is 1. The number of esters is 1. The number of thiazole rings is 1. The third-order valence-corrected chi connectivity index (χ3v) is 5.54. The molecule has 0 saturated heterocycles. The van der Waals surface area contributed by atoms with E-state index in [1.807, 2.05) is 30.7 Å². The van der Waals surface area contributed by atoms with E-state index in [-0.39, 0.29) is 18.3 Å². The molecule has 2 heterocycles. The molecule has 0 atom stereocenters. The fourth-order valence-corrected chi connectivity index (χ4v) is 3.97. The Morgan fingerprint density at radius 1 is 1.13 bits per heavy atom. The first-order chi connectivity index (χ1) is 14.3. The van der Waals surface area contributed by atoms with Crippen LogP contribution in [0.15, 0.2) is 35.7 Å². The highest BCUT2D eigenvalue weighted by atomic mass is 32.1. The molecule has 1 aromatic carbocycles. The SMILES string of the molecule is CC(=O)NCc1ccc(C(=O)OCC(=O)c2cc(C)n(-c3nc(C)cs3)c2C)cc1. The summed E-state index contributed by atoms with van der Waals surface area (Å²) in [5.41, 5.74) is 4.31.